The van der Waals surface area contributed by atoms with Gasteiger partial charge in [-0.05, 0) is 12.1 Å². The van der Waals surface area contributed by atoms with Crippen molar-refractivity contribution in [2.45, 2.75) is 12.5 Å². The second kappa shape index (κ2) is 5.91. The Labute approximate surface area is 118 Å². The number of ether oxygens (including phenoxy) is 1. The number of benzene rings is 1. The Kier molecular flexibility index (Phi) is 4.51. The van der Waals surface area contributed by atoms with Gasteiger partial charge in [0.2, 0.25) is 0 Å². The molecule has 1 aromatic carbocycles. The van der Waals surface area contributed by atoms with Crippen molar-refractivity contribution in [1.29, 1.82) is 0 Å². The summed E-state index contributed by atoms with van der Waals surface area (Å²) in [7, 11) is 0. The Bertz CT molecular complexity index is 515. The van der Waals surface area contributed by atoms with Crippen LogP contribution in [0, 0.1) is 0 Å². The van der Waals surface area contributed by atoms with Crippen LogP contribution in [0.1, 0.15) is 10.7 Å². The molecule has 0 aliphatic heterocycles. The van der Waals surface area contributed by atoms with Crippen LogP contribution in [0.25, 0.3) is 0 Å². The Morgan fingerprint density at radius 1 is 1.24 bits per heavy atom. The molecule has 0 saturated heterocycles. The summed E-state index contributed by atoms with van der Waals surface area (Å²) in [6.45, 7) is 0.402. The molecule has 0 bridgehead atoms. The summed E-state index contributed by atoms with van der Waals surface area (Å²) in [4.78, 5) is 4.29. The first-order chi connectivity index (χ1) is 8.19. The monoisotopic (exact) mass is 307 g/mol. The lowest BCUT2D eigenvalue weighted by Crippen LogP contribution is -1.95. The van der Waals surface area contributed by atoms with Gasteiger partial charge in [-0.25, -0.2) is 4.98 Å². The number of aromatic nitrogens is 1. The van der Waals surface area contributed by atoms with Crippen LogP contribution in [-0.2, 0) is 12.5 Å². The minimum absolute atomic E-state index is 0.402. The molecule has 0 radical (unpaired) electrons. The van der Waals surface area contributed by atoms with Crippen LogP contribution in [-0.4, -0.2) is 4.98 Å². The molecule has 0 aliphatic carbocycles. The first-order valence-corrected chi connectivity index (χ1v) is 6.93. The van der Waals surface area contributed by atoms with Crippen molar-refractivity contribution < 1.29 is 4.74 Å². The molecule has 2 aromatic rings. The van der Waals surface area contributed by atoms with Crippen LogP contribution in [0.2, 0.25) is 10.0 Å². The lowest BCUT2D eigenvalue weighted by Gasteiger charge is -2.04. The molecule has 1 heterocycles. The molecule has 0 unspecified atom stereocenters. The maximum absolute atomic E-state index is 5.88. The predicted octanol–water partition coefficient (Wildman–Crippen LogP) is 4.77. The number of halogens is 3. The molecule has 1 aromatic heterocycles. The number of nitrogens with zero attached hydrogens (tertiary/aromatic N) is 1. The van der Waals surface area contributed by atoms with E-state index in [2.05, 4.69) is 4.98 Å². The zero-order chi connectivity index (χ0) is 12.3. The molecule has 90 valence electrons. The van der Waals surface area contributed by atoms with E-state index in [9.17, 15) is 0 Å². The van der Waals surface area contributed by atoms with Crippen molar-refractivity contribution in [3.8, 4) is 5.75 Å². The van der Waals surface area contributed by atoms with E-state index in [-0.39, 0.29) is 0 Å². The van der Waals surface area contributed by atoms with Gasteiger partial charge in [0.25, 0.3) is 0 Å². The number of hydrogen-bond donors (Lipinski definition) is 0. The normalized spacial score (nSPS) is 10.5. The first kappa shape index (κ1) is 13.0. The second-order valence-corrected chi connectivity index (χ2v) is 5.26. The highest BCUT2D eigenvalue weighted by molar-refractivity contribution is 7.09. The average Bonchev–Trinajstić information content (AvgIpc) is 2.79. The van der Waals surface area contributed by atoms with Gasteiger partial charge in [0.15, 0.2) is 0 Å². The first-order valence-electron chi connectivity index (χ1n) is 4.76. The highest BCUT2D eigenvalue weighted by atomic mass is 35.5. The van der Waals surface area contributed by atoms with E-state index in [0.29, 0.717) is 28.3 Å². The summed E-state index contributed by atoms with van der Waals surface area (Å²) >= 11 is 18.9. The van der Waals surface area contributed by atoms with Crippen molar-refractivity contribution in [2.75, 3.05) is 0 Å². The van der Waals surface area contributed by atoms with Crippen LogP contribution in [0.5, 0.6) is 5.75 Å². The molecule has 0 fully saturated rings. The molecule has 0 amide bonds. The summed E-state index contributed by atoms with van der Waals surface area (Å²) in [5.74, 6) is 1.09. The van der Waals surface area contributed by atoms with Crippen molar-refractivity contribution in [1.82, 2.24) is 4.98 Å². The van der Waals surface area contributed by atoms with Gasteiger partial charge in [-0.1, -0.05) is 23.2 Å². The fraction of sp³-hybridized carbons (Fsp3) is 0.182. The molecular weight excluding hydrogens is 301 g/mol. The number of hydrogen-bond acceptors (Lipinski definition) is 3. The van der Waals surface area contributed by atoms with Gasteiger partial charge in [-0.3, -0.25) is 0 Å². The van der Waals surface area contributed by atoms with Crippen LogP contribution in [0.3, 0.4) is 0 Å². The van der Waals surface area contributed by atoms with Gasteiger partial charge in [0, 0.05) is 11.4 Å². The van der Waals surface area contributed by atoms with Crippen LogP contribution < -0.4 is 4.74 Å². The molecule has 6 heteroatoms. The molecular formula is C11H8Cl3NOS. The van der Waals surface area contributed by atoms with Crippen molar-refractivity contribution >= 4 is 46.1 Å². The molecule has 2 nitrogen and oxygen atoms in total. The fourth-order valence-corrected chi connectivity index (χ4v) is 2.41. The minimum Gasteiger partial charge on any atom is -0.486 e. The number of alkyl halides is 1. The predicted molar refractivity (Wildman–Crippen MR) is 72.5 cm³/mol. The third-order valence-electron chi connectivity index (χ3n) is 1.99. The Hall–Kier alpha value is -0.480. The van der Waals surface area contributed by atoms with Gasteiger partial charge in [-0.15, -0.1) is 22.9 Å². The van der Waals surface area contributed by atoms with Gasteiger partial charge in [0.1, 0.15) is 17.4 Å². The van der Waals surface area contributed by atoms with Crippen molar-refractivity contribution in [2.24, 2.45) is 0 Å². The van der Waals surface area contributed by atoms with Gasteiger partial charge < -0.3 is 4.74 Å². The summed E-state index contributed by atoms with van der Waals surface area (Å²) in [5.41, 5.74) is 0.865. The second-order valence-electron chi connectivity index (χ2n) is 3.23. The third kappa shape index (κ3) is 3.49. The highest BCUT2D eigenvalue weighted by Crippen LogP contribution is 2.27. The van der Waals surface area contributed by atoms with E-state index >= 15 is 0 Å². The van der Waals surface area contributed by atoms with Crippen LogP contribution >= 0.6 is 46.1 Å². The van der Waals surface area contributed by atoms with Gasteiger partial charge >= 0.3 is 0 Å². The number of rotatable bonds is 4. The highest BCUT2D eigenvalue weighted by Gasteiger charge is 2.04. The van der Waals surface area contributed by atoms with Crippen molar-refractivity contribution in [3.63, 3.8) is 0 Å². The Morgan fingerprint density at radius 2 is 2.06 bits per heavy atom. The summed E-state index contributed by atoms with van der Waals surface area (Å²) in [5, 5.41) is 3.79. The largest absolute Gasteiger partial charge is 0.486 e. The van der Waals surface area contributed by atoms with E-state index < -0.39 is 0 Å². The Balaban J connectivity index is 1.99. The van der Waals surface area contributed by atoms with Gasteiger partial charge in [0.05, 0.1) is 21.6 Å². The molecule has 0 saturated carbocycles. The third-order valence-corrected chi connectivity index (χ3v) is 3.87. The SMILES string of the molecule is ClCc1csc(COc2ccc(Cl)c(Cl)c2)n1. The van der Waals surface area contributed by atoms with Gasteiger partial charge in [-0.2, -0.15) is 0 Å². The maximum atomic E-state index is 5.88. The lowest BCUT2D eigenvalue weighted by atomic mass is 10.3. The molecule has 0 aliphatic rings. The topological polar surface area (TPSA) is 22.1 Å². The molecule has 17 heavy (non-hydrogen) atoms. The van der Waals surface area contributed by atoms with E-state index in [0.717, 1.165) is 10.7 Å². The lowest BCUT2D eigenvalue weighted by molar-refractivity contribution is 0.305. The quantitative estimate of drug-likeness (QED) is 0.759. The van der Waals surface area contributed by atoms with E-state index in [4.69, 9.17) is 39.5 Å². The van der Waals surface area contributed by atoms with Crippen LogP contribution in [0.15, 0.2) is 23.6 Å². The molecule has 2 rings (SSSR count). The standard InChI is InChI=1S/C11H8Cl3NOS/c12-4-7-6-17-11(15-7)5-16-8-1-2-9(13)10(14)3-8/h1-3,6H,4-5H2. The number of thiazole rings is 1. The van der Waals surface area contributed by atoms with Crippen molar-refractivity contribution in [3.05, 3.63) is 44.3 Å². The summed E-state index contributed by atoms with van der Waals surface area (Å²) in [6.07, 6.45) is 0. The van der Waals surface area contributed by atoms with E-state index in [1.807, 2.05) is 5.38 Å². The minimum atomic E-state index is 0.402. The summed E-state index contributed by atoms with van der Waals surface area (Å²) in [6, 6.07) is 5.15. The molecule has 0 N–H and O–H groups in total. The molecule has 0 atom stereocenters. The van der Waals surface area contributed by atoms with E-state index in [1.54, 1.807) is 18.2 Å². The van der Waals surface area contributed by atoms with Crippen LogP contribution in [0.4, 0.5) is 0 Å². The smallest absolute Gasteiger partial charge is 0.140 e. The summed E-state index contributed by atoms with van der Waals surface area (Å²) < 4.78 is 5.55. The zero-order valence-corrected chi connectivity index (χ0v) is 11.7. The van der Waals surface area contributed by atoms with E-state index in [1.165, 1.54) is 11.3 Å². The average molecular weight is 309 g/mol. The molecule has 0 spiro atoms. The maximum Gasteiger partial charge on any atom is 0.140 e. The fourth-order valence-electron chi connectivity index (χ4n) is 1.19. The zero-order valence-electron chi connectivity index (χ0n) is 8.62. The Morgan fingerprint density at radius 3 is 2.71 bits per heavy atom.